The van der Waals surface area contributed by atoms with E-state index in [9.17, 15) is 0 Å². The maximum Gasteiger partial charge on any atom is 0.151 e. The molecule has 1 fully saturated rings. The average Bonchev–Trinajstić information content (AvgIpc) is 3.55. The fourth-order valence-electron chi connectivity index (χ4n) is 4.17. The molecule has 0 unspecified atom stereocenters. The Hall–Kier alpha value is -3.63. The first-order valence-electron chi connectivity index (χ1n) is 11.4. The number of benzene rings is 3. The highest BCUT2D eigenvalue weighted by Crippen LogP contribution is 2.36. The average molecular weight is 497 g/mol. The molecule has 1 atom stereocenters. The van der Waals surface area contributed by atoms with Crippen LogP contribution in [-0.4, -0.2) is 22.6 Å². The van der Waals surface area contributed by atoms with Gasteiger partial charge in [0.2, 0.25) is 0 Å². The number of fused-ring (bicyclic) bond motifs is 2. The van der Waals surface area contributed by atoms with Crippen LogP contribution in [0.3, 0.4) is 0 Å². The molecule has 0 saturated carbocycles. The lowest BCUT2D eigenvalue weighted by Gasteiger charge is -2.12. The van der Waals surface area contributed by atoms with Crippen LogP contribution in [0.4, 0.5) is 11.5 Å². The van der Waals surface area contributed by atoms with Crippen LogP contribution in [0.5, 0.6) is 11.5 Å². The first-order chi connectivity index (χ1) is 17.2. The van der Waals surface area contributed by atoms with E-state index in [1.165, 1.54) is 6.42 Å². The first-order valence-corrected chi connectivity index (χ1v) is 12.6. The van der Waals surface area contributed by atoms with Gasteiger partial charge in [-0.3, -0.25) is 0 Å². The molecule has 5 nitrogen and oxygen atoms in total. The van der Waals surface area contributed by atoms with Crippen molar-refractivity contribution in [2.45, 2.75) is 18.9 Å². The largest absolute Gasteiger partial charge is 0.455 e. The number of hydrogen-bond acceptors (Lipinski definition) is 6. The van der Waals surface area contributed by atoms with Gasteiger partial charge in [-0.15, -0.1) is 11.3 Å². The maximum absolute atomic E-state index is 6.60. The van der Waals surface area contributed by atoms with Gasteiger partial charge in [-0.05, 0) is 55.1 Å². The standard InChI is InChI=1S/C28H21ClN4OS/c29-23-15-20(11-13-26(23)34-25-9-3-6-18-5-1-2-8-22(18)25)33-28-27-24(31-17-32-28)16-21(35-27)12-10-19-7-4-14-30-19/h1-3,5-6,8-9,11,13,15-17,19,30H,4,7,14H2,(H,31,32,33)/t19-/m1/s1. The quantitative estimate of drug-likeness (QED) is 0.259. The van der Waals surface area contributed by atoms with Crippen LogP contribution in [0.25, 0.3) is 21.0 Å². The summed E-state index contributed by atoms with van der Waals surface area (Å²) < 4.78 is 7.13. The van der Waals surface area contributed by atoms with E-state index in [4.69, 9.17) is 16.3 Å². The summed E-state index contributed by atoms with van der Waals surface area (Å²) in [7, 11) is 0. The topological polar surface area (TPSA) is 59.1 Å². The summed E-state index contributed by atoms with van der Waals surface area (Å²) in [6.07, 6.45) is 3.85. The molecule has 0 radical (unpaired) electrons. The number of halogens is 1. The molecule has 0 amide bonds. The van der Waals surface area contributed by atoms with Gasteiger partial charge in [0.15, 0.2) is 5.82 Å². The highest BCUT2D eigenvalue weighted by Gasteiger charge is 2.13. The molecule has 3 aromatic carbocycles. The molecule has 5 aromatic rings. The number of anilines is 2. The van der Waals surface area contributed by atoms with Crippen molar-refractivity contribution < 1.29 is 4.74 Å². The predicted octanol–water partition coefficient (Wildman–Crippen LogP) is 7.14. The molecule has 35 heavy (non-hydrogen) atoms. The zero-order valence-electron chi connectivity index (χ0n) is 18.7. The minimum absolute atomic E-state index is 0.278. The second-order valence-corrected chi connectivity index (χ2v) is 9.77. The van der Waals surface area contributed by atoms with Gasteiger partial charge in [-0.1, -0.05) is 59.8 Å². The molecule has 172 valence electrons. The molecule has 7 heteroatoms. The normalized spacial score (nSPS) is 15.2. The zero-order chi connectivity index (χ0) is 23.6. The second kappa shape index (κ2) is 9.55. The van der Waals surface area contributed by atoms with E-state index in [1.54, 1.807) is 17.7 Å². The molecule has 3 heterocycles. The SMILES string of the molecule is Clc1cc(Nc2ncnc3cc(C#C[C@H]4CCCN4)sc23)ccc1Oc1cccc2ccccc12. The number of aromatic nitrogens is 2. The van der Waals surface area contributed by atoms with Gasteiger partial charge in [0.25, 0.3) is 0 Å². The third-order valence-corrected chi connectivity index (χ3v) is 7.25. The van der Waals surface area contributed by atoms with Crippen LogP contribution in [0.15, 0.2) is 73.1 Å². The lowest BCUT2D eigenvalue weighted by atomic mass is 10.1. The van der Waals surface area contributed by atoms with Crippen molar-refractivity contribution >= 4 is 55.4 Å². The van der Waals surface area contributed by atoms with Crippen molar-refractivity contribution in [1.29, 1.82) is 0 Å². The summed E-state index contributed by atoms with van der Waals surface area (Å²) in [5, 5.41) is 9.45. The summed E-state index contributed by atoms with van der Waals surface area (Å²) in [5.41, 5.74) is 1.69. The third-order valence-electron chi connectivity index (χ3n) is 5.91. The van der Waals surface area contributed by atoms with Crippen LogP contribution in [0.2, 0.25) is 5.02 Å². The minimum atomic E-state index is 0.278. The lowest BCUT2D eigenvalue weighted by molar-refractivity contribution is 0.488. The Kier molecular flexibility index (Phi) is 5.97. The molecular formula is C28H21ClN4OS. The molecule has 2 aromatic heterocycles. The van der Waals surface area contributed by atoms with Gasteiger partial charge in [0.1, 0.15) is 17.8 Å². The van der Waals surface area contributed by atoms with Crippen LogP contribution in [0, 0.1) is 11.8 Å². The number of rotatable bonds is 4. The Labute approximate surface area is 212 Å². The monoisotopic (exact) mass is 496 g/mol. The van der Waals surface area contributed by atoms with Crippen molar-refractivity contribution in [2.75, 3.05) is 11.9 Å². The summed E-state index contributed by atoms with van der Waals surface area (Å²) in [6.45, 7) is 1.04. The Balaban J connectivity index is 1.24. The number of thiophene rings is 1. The van der Waals surface area contributed by atoms with Crippen LogP contribution in [-0.2, 0) is 0 Å². The first kappa shape index (κ1) is 21.9. The van der Waals surface area contributed by atoms with Gasteiger partial charge in [-0.25, -0.2) is 9.97 Å². The molecule has 6 rings (SSSR count). The minimum Gasteiger partial charge on any atom is -0.455 e. The molecule has 0 bridgehead atoms. The number of ether oxygens (including phenoxy) is 1. The summed E-state index contributed by atoms with van der Waals surface area (Å²) in [4.78, 5) is 9.86. The van der Waals surface area contributed by atoms with Gasteiger partial charge in [0, 0.05) is 11.1 Å². The number of hydrogen-bond donors (Lipinski definition) is 2. The highest BCUT2D eigenvalue weighted by molar-refractivity contribution is 7.20. The molecule has 2 N–H and O–H groups in total. The van der Waals surface area contributed by atoms with Crippen molar-refractivity contribution in [3.05, 3.63) is 83.0 Å². The van der Waals surface area contributed by atoms with Crippen LogP contribution < -0.4 is 15.4 Å². The fraction of sp³-hybridized carbons (Fsp3) is 0.143. The van der Waals surface area contributed by atoms with E-state index in [-0.39, 0.29) is 6.04 Å². The van der Waals surface area contributed by atoms with Crippen molar-refractivity contribution in [2.24, 2.45) is 0 Å². The fourth-order valence-corrected chi connectivity index (χ4v) is 5.31. The zero-order valence-corrected chi connectivity index (χ0v) is 20.3. The predicted molar refractivity (Wildman–Crippen MR) is 144 cm³/mol. The lowest BCUT2D eigenvalue weighted by Crippen LogP contribution is -2.18. The van der Waals surface area contributed by atoms with E-state index in [2.05, 4.69) is 44.6 Å². The van der Waals surface area contributed by atoms with Gasteiger partial charge < -0.3 is 15.4 Å². The number of nitrogens with one attached hydrogen (secondary N) is 2. The summed E-state index contributed by atoms with van der Waals surface area (Å²) in [6, 6.07) is 22.0. The van der Waals surface area contributed by atoms with E-state index < -0.39 is 0 Å². The summed E-state index contributed by atoms with van der Waals surface area (Å²) in [5.74, 6) is 8.70. The van der Waals surface area contributed by atoms with Crippen molar-refractivity contribution in [3.63, 3.8) is 0 Å². The molecule has 1 aliphatic rings. The molecule has 0 aliphatic carbocycles. The third kappa shape index (κ3) is 4.67. The Morgan fingerprint density at radius 3 is 2.83 bits per heavy atom. The second-order valence-electron chi connectivity index (χ2n) is 8.32. The molecule has 1 saturated heterocycles. The van der Waals surface area contributed by atoms with Crippen molar-refractivity contribution in [1.82, 2.24) is 15.3 Å². The van der Waals surface area contributed by atoms with Crippen LogP contribution in [0.1, 0.15) is 17.7 Å². The number of nitrogens with zero attached hydrogens (tertiary/aromatic N) is 2. The van der Waals surface area contributed by atoms with E-state index >= 15 is 0 Å². The van der Waals surface area contributed by atoms with E-state index in [1.807, 2.05) is 54.6 Å². The highest BCUT2D eigenvalue weighted by atomic mass is 35.5. The Morgan fingerprint density at radius 2 is 1.94 bits per heavy atom. The van der Waals surface area contributed by atoms with Crippen molar-refractivity contribution in [3.8, 4) is 23.3 Å². The summed E-state index contributed by atoms with van der Waals surface area (Å²) >= 11 is 8.19. The molecule has 0 spiro atoms. The molecule has 1 aliphatic heterocycles. The van der Waals surface area contributed by atoms with E-state index in [0.717, 1.165) is 56.1 Å². The smallest absolute Gasteiger partial charge is 0.151 e. The van der Waals surface area contributed by atoms with Gasteiger partial charge >= 0.3 is 0 Å². The Bertz CT molecular complexity index is 1590. The van der Waals surface area contributed by atoms with Crippen LogP contribution >= 0.6 is 22.9 Å². The van der Waals surface area contributed by atoms with Gasteiger partial charge in [0.05, 0.1) is 26.2 Å². The Morgan fingerprint density at radius 1 is 1.03 bits per heavy atom. The maximum atomic E-state index is 6.60. The van der Waals surface area contributed by atoms with E-state index in [0.29, 0.717) is 10.8 Å². The van der Waals surface area contributed by atoms with Gasteiger partial charge in [-0.2, -0.15) is 0 Å². The molecular weight excluding hydrogens is 476 g/mol.